The first-order chi connectivity index (χ1) is 14.7. The zero-order valence-corrected chi connectivity index (χ0v) is 18.7. The molecule has 3 amide bonds. The smallest absolute Gasteiger partial charge is 0.322 e. The maximum Gasteiger partial charge on any atom is 0.322 e. The summed E-state index contributed by atoms with van der Waals surface area (Å²) in [6, 6.07) is 1.70. The van der Waals surface area contributed by atoms with Gasteiger partial charge in [-0.1, -0.05) is 32.0 Å². The molecule has 4 aliphatic rings. The molecule has 5 rings (SSSR count). The third-order valence-electron chi connectivity index (χ3n) is 7.11. The second-order valence-electron chi connectivity index (χ2n) is 10.7. The first-order valence-electron chi connectivity index (χ1n) is 11.2. The van der Waals surface area contributed by atoms with Crippen molar-refractivity contribution in [3.05, 3.63) is 30.2 Å². The van der Waals surface area contributed by atoms with Crippen LogP contribution in [0.1, 0.15) is 44.1 Å². The number of hydrogen-bond acceptors (Lipinski definition) is 5. The topological polar surface area (TPSA) is 82.3 Å². The number of fused-ring (bicyclic) bond motifs is 2. The van der Waals surface area contributed by atoms with Crippen LogP contribution in [0.5, 0.6) is 0 Å². The molecule has 166 valence electrons. The maximum absolute atomic E-state index is 12.8. The van der Waals surface area contributed by atoms with Gasteiger partial charge in [-0.05, 0) is 36.2 Å². The monoisotopic (exact) mass is 425 g/mol. The molecule has 2 saturated heterocycles. The van der Waals surface area contributed by atoms with Gasteiger partial charge in [0.2, 0.25) is 0 Å². The average molecular weight is 426 g/mol. The van der Waals surface area contributed by atoms with Crippen LogP contribution in [0.25, 0.3) is 0 Å². The number of aliphatic imine (C=N–C) groups is 1. The van der Waals surface area contributed by atoms with Crippen molar-refractivity contribution in [2.24, 2.45) is 28.2 Å². The number of allylic oxidation sites excluding steroid dienone is 1. The van der Waals surface area contributed by atoms with Gasteiger partial charge in [0.15, 0.2) is 5.69 Å². The van der Waals surface area contributed by atoms with E-state index in [1.807, 2.05) is 16.8 Å². The van der Waals surface area contributed by atoms with Crippen LogP contribution in [-0.2, 0) is 0 Å². The number of hydrogen-bond donors (Lipinski definition) is 0. The fourth-order valence-corrected chi connectivity index (χ4v) is 5.71. The van der Waals surface area contributed by atoms with Gasteiger partial charge in [0.1, 0.15) is 12.4 Å². The standard InChI is InChI=1S/C23H31N5O3/c1-23(2,3)13-28-19-6-5-17(24-20(19)26(4)22(28)30)14-9-15-11-27(12-16(15)10-14)21(29)18-7-8-31-25-18/h5-8,14-16,19-20H,9-13H2,1-4H3. The molecule has 0 N–H and O–H groups in total. The number of rotatable bonds is 3. The van der Waals surface area contributed by atoms with Crippen LogP contribution in [0, 0.1) is 23.2 Å². The minimum atomic E-state index is -0.138. The predicted molar refractivity (Wildman–Crippen MR) is 116 cm³/mol. The second-order valence-corrected chi connectivity index (χ2v) is 10.7. The summed E-state index contributed by atoms with van der Waals surface area (Å²) in [6.07, 6.45) is 7.70. The summed E-state index contributed by atoms with van der Waals surface area (Å²) < 4.78 is 4.82. The molecule has 1 aromatic heterocycles. The quantitative estimate of drug-likeness (QED) is 0.746. The van der Waals surface area contributed by atoms with E-state index in [0.717, 1.165) is 38.2 Å². The first-order valence-corrected chi connectivity index (χ1v) is 11.2. The summed E-state index contributed by atoms with van der Waals surface area (Å²) in [5.74, 6) is 1.35. The zero-order valence-electron chi connectivity index (χ0n) is 18.7. The Hall–Kier alpha value is -2.64. The maximum atomic E-state index is 12.8. The molecule has 3 aliphatic heterocycles. The van der Waals surface area contributed by atoms with E-state index < -0.39 is 0 Å². The summed E-state index contributed by atoms with van der Waals surface area (Å²) in [5, 5.41) is 3.78. The Kier molecular flexibility index (Phi) is 4.71. The van der Waals surface area contributed by atoms with Gasteiger partial charge in [0.05, 0.1) is 6.04 Å². The van der Waals surface area contributed by atoms with Crippen molar-refractivity contribution in [3.8, 4) is 0 Å². The van der Waals surface area contributed by atoms with Crippen LogP contribution in [0.3, 0.4) is 0 Å². The van der Waals surface area contributed by atoms with Crippen molar-refractivity contribution in [1.82, 2.24) is 19.9 Å². The van der Waals surface area contributed by atoms with Gasteiger partial charge >= 0.3 is 6.03 Å². The van der Waals surface area contributed by atoms with E-state index in [-0.39, 0.29) is 29.6 Å². The Labute approximate surface area is 182 Å². The molecule has 4 unspecified atom stereocenters. The Morgan fingerprint density at radius 3 is 2.55 bits per heavy atom. The van der Waals surface area contributed by atoms with Crippen molar-refractivity contribution in [2.75, 3.05) is 26.7 Å². The average Bonchev–Trinajstić information content (AvgIpc) is 3.48. The van der Waals surface area contributed by atoms with Crippen molar-refractivity contribution < 1.29 is 14.1 Å². The van der Waals surface area contributed by atoms with E-state index >= 15 is 0 Å². The molecule has 4 heterocycles. The summed E-state index contributed by atoms with van der Waals surface area (Å²) >= 11 is 0. The van der Waals surface area contributed by atoms with E-state index in [1.165, 1.54) is 6.26 Å². The highest BCUT2D eigenvalue weighted by Gasteiger charge is 2.48. The SMILES string of the molecule is CN1C(=O)N(CC(C)(C)C)C2C=CC(C3CC4CN(C(=O)c5ccon5)CC4C3)=NC21. The van der Waals surface area contributed by atoms with Gasteiger partial charge in [-0.3, -0.25) is 9.79 Å². The minimum Gasteiger partial charge on any atom is -0.364 e. The second kappa shape index (κ2) is 7.21. The van der Waals surface area contributed by atoms with E-state index in [1.54, 1.807) is 11.0 Å². The van der Waals surface area contributed by atoms with Crippen LogP contribution in [0.2, 0.25) is 0 Å². The van der Waals surface area contributed by atoms with Gasteiger partial charge in [0, 0.05) is 44.4 Å². The molecule has 3 fully saturated rings. The lowest BCUT2D eigenvalue weighted by atomic mass is 9.93. The molecule has 31 heavy (non-hydrogen) atoms. The molecule has 0 radical (unpaired) electrons. The Balaban J connectivity index is 1.25. The van der Waals surface area contributed by atoms with Crippen molar-refractivity contribution in [2.45, 2.75) is 45.8 Å². The molecule has 0 spiro atoms. The Morgan fingerprint density at radius 1 is 1.23 bits per heavy atom. The number of carbonyl (C=O) groups is 2. The molecular weight excluding hydrogens is 394 g/mol. The van der Waals surface area contributed by atoms with Gasteiger partial charge < -0.3 is 19.2 Å². The molecule has 8 nitrogen and oxygen atoms in total. The number of nitrogens with zero attached hydrogens (tertiary/aromatic N) is 5. The van der Waals surface area contributed by atoms with E-state index in [2.05, 4.69) is 38.1 Å². The largest absolute Gasteiger partial charge is 0.364 e. The van der Waals surface area contributed by atoms with Gasteiger partial charge in [-0.15, -0.1) is 0 Å². The molecular formula is C23H31N5O3. The van der Waals surface area contributed by atoms with Crippen LogP contribution >= 0.6 is 0 Å². The van der Waals surface area contributed by atoms with E-state index in [4.69, 9.17) is 9.52 Å². The van der Waals surface area contributed by atoms with Gasteiger partial charge in [0.25, 0.3) is 5.91 Å². The number of aromatic nitrogens is 1. The summed E-state index contributed by atoms with van der Waals surface area (Å²) in [5.41, 5.74) is 1.54. The van der Waals surface area contributed by atoms with Gasteiger partial charge in [-0.25, -0.2) is 4.79 Å². The number of likely N-dealkylation sites (N-methyl/N-ethyl adjacent to an activating group) is 1. The van der Waals surface area contributed by atoms with Crippen LogP contribution in [-0.4, -0.2) is 76.4 Å². The van der Waals surface area contributed by atoms with Gasteiger partial charge in [-0.2, -0.15) is 0 Å². The molecule has 0 bridgehead atoms. The van der Waals surface area contributed by atoms with Crippen LogP contribution in [0.15, 0.2) is 34.0 Å². The molecule has 1 aliphatic carbocycles. The summed E-state index contributed by atoms with van der Waals surface area (Å²) in [4.78, 5) is 36.1. The minimum absolute atomic E-state index is 0.0111. The third-order valence-corrected chi connectivity index (χ3v) is 7.11. The number of carbonyl (C=O) groups excluding carboxylic acids is 2. The highest BCUT2D eigenvalue weighted by molar-refractivity contribution is 5.99. The zero-order chi connectivity index (χ0) is 21.9. The van der Waals surface area contributed by atoms with E-state index in [0.29, 0.717) is 23.4 Å². The molecule has 1 aromatic rings. The number of amides is 3. The van der Waals surface area contributed by atoms with Crippen LogP contribution < -0.4 is 0 Å². The Morgan fingerprint density at radius 2 is 1.94 bits per heavy atom. The normalized spacial score (nSPS) is 32.5. The lowest BCUT2D eigenvalue weighted by Gasteiger charge is -2.31. The first kappa shape index (κ1) is 20.3. The van der Waals surface area contributed by atoms with Crippen molar-refractivity contribution in [1.29, 1.82) is 0 Å². The summed E-state index contributed by atoms with van der Waals surface area (Å²) in [6.45, 7) is 8.73. The van der Waals surface area contributed by atoms with Crippen LogP contribution in [0.4, 0.5) is 4.79 Å². The molecule has 0 aromatic carbocycles. The Bertz CT molecular complexity index is 918. The van der Waals surface area contributed by atoms with E-state index in [9.17, 15) is 9.59 Å². The number of likely N-dealkylation sites (tertiary alicyclic amines) is 1. The predicted octanol–water partition coefficient (Wildman–Crippen LogP) is 2.89. The lowest BCUT2D eigenvalue weighted by Crippen LogP contribution is -2.41. The summed E-state index contributed by atoms with van der Waals surface area (Å²) in [7, 11) is 1.86. The van der Waals surface area contributed by atoms with Crippen molar-refractivity contribution >= 4 is 17.6 Å². The number of dihydropyridines is 1. The lowest BCUT2D eigenvalue weighted by molar-refractivity contribution is 0.0769. The highest BCUT2D eigenvalue weighted by Crippen LogP contribution is 2.43. The van der Waals surface area contributed by atoms with Crippen molar-refractivity contribution in [3.63, 3.8) is 0 Å². The third kappa shape index (κ3) is 3.55. The molecule has 4 atom stereocenters. The fraction of sp³-hybridized carbons (Fsp3) is 0.652. The highest BCUT2D eigenvalue weighted by atomic mass is 16.5. The molecule has 1 saturated carbocycles. The fourth-order valence-electron chi connectivity index (χ4n) is 5.71. The number of urea groups is 1. The molecule has 8 heteroatoms.